The third-order valence-corrected chi connectivity index (χ3v) is 13.5. The first-order valence-electron chi connectivity index (χ1n) is 13.4. The van der Waals surface area contributed by atoms with Crippen molar-refractivity contribution in [3.63, 3.8) is 0 Å². The number of fused-ring (bicyclic) bond motifs is 1. The number of benzene rings is 1. The van der Waals surface area contributed by atoms with Crippen molar-refractivity contribution in [1.82, 2.24) is 19.5 Å². The van der Waals surface area contributed by atoms with E-state index in [1.54, 1.807) is 24.3 Å². The van der Waals surface area contributed by atoms with Crippen LogP contribution in [0, 0.1) is 0 Å². The molecule has 0 aliphatic carbocycles. The summed E-state index contributed by atoms with van der Waals surface area (Å²) >= 11 is -0.0898. The molecule has 2 fully saturated rings. The number of anilines is 1. The van der Waals surface area contributed by atoms with E-state index in [9.17, 15) is 43.4 Å². The van der Waals surface area contributed by atoms with Gasteiger partial charge in [-0.2, -0.15) is 0 Å². The molecule has 2 aromatic heterocycles. The van der Waals surface area contributed by atoms with Gasteiger partial charge in [-0.05, 0) is 16.7 Å². The number of epoxide rings is 1. The number of aromatic nitrogens is 4. The molecule has 0 saturated carbocycles. The van der Waals surface area contributed by atoms with E-state index in [1.807, 2.05) is 0 Å². The summed E-state index contributed by atoms with van der Waals surface area (Å²) in [6.45, 7) is -6.37. The summed E-state index contributed by atoms with van der Waals surface area (Å²) in [5.41, 5.74) is 14.2. The fraction of sp³-hybridized carbons (Fsp3) is 0.455. The number of aliphatic hydroxyl groups is 2. The number of azide groups is 1. The van der Waals surface area contributed by atoms with E-state index in [2.05, 4.69) is 38.1 Å². The van der Waals surface area contributed by atoms with Crippen LogP contribution in [0.5, 0.6) is 0 Å². The number of hydrogen-bond acceptors (Lipinski definition) is 20. The van der Waals surface area contributed by atoms with Crippen LogP contribution in [-0.4, -0.2) is 72.8 Å². The molecule has 51 heavy (non-hydrogen) atoms. The first kappa shape index (κ1) is 46.1. The number of Topliss-reactive ketones (excluding diaryl/α,β-unsaturated/α-hetero) is 1. The van der Waals surface area contributed by atoms with Gasteiger partial charge in [0.2, 0.25) is 0 Å². The molecule has 5 rings (SSSR count). The van der Waals surface area contributed by atoms with Crippen LogP contribution in [0.1, 0.15) is 23.8 Å². The van der Waals surface area contributed by atoms with Crippen molar-refractivity contribution >= 4 is 56.6 Å². The first-order valence-corrected chi connectivity index (χ1v) is 19.5. The van der Waals surface area contributed by atoms with E-state index in [1.165, 1.54) is 10.9 Å². The second-order valence-electron chi connectivity index (χ2n) is 10.1. The molecule has 4 unspecified atom stereocenters. The number of nitrogens with two attached hydrogens (primary N) is 1. The van der Waals surface area contributed by atoms with E-state index in [0.717, 1.165) is 6.33 Å². The Morgan fingerprint density at radius 2 is 1.76 bits per heavy atom. The van der Waals surface area contributed by atoms with Crippen molar-refractivity contribution in [2.24, 2.45) is 5.11 Å². The SMILES string of the molecule is [Li+].[Li+].[Li+].[N-]=[N+]=NCc1ccc(C2(C(=O)CCSP(=O)([O-])OP(=O)([O-])OP(=O)([O-])OC[C@H]3O[C@@H](n4cnc5c(N)ncnc54)[C@H](O)[C@@H]3O)CO2)cc1. The van der Waals surface area contributed by atoms with E-state index >= 15 is 0 Å². The summed E-state index contributed by atoms with van der Waals surface area (Å²) in [5, 5.41) is 24.3. The number of aliphatic hydroxyl groups excluding tert-OH is 2. The molecule has 0 amide bonds. The average molecular weight is 770 g/mol. The quantitative estimate of drug-likeness (QED) is 0.0304. The van der Waals surface area contributed by atoms with Crippen LogP contribution in [0.25, 0.3) is 21.6 Å². The van der Waals surface area contributed by atoms with Gasteiger partial charge in [0.15, 0.2) is 35.9 Å². The van der Waals surface area contributed by atoms with Gasteiger partial charge in [0.05, 0.1) is 26.1 Å². The molecule has 8 atom stereocenters. The maximum Gasteiger partial charge on any atom is 1.00 e. The number of hydrogen-bond donors (Lipinski definition) is 3. The van der Waals surface area contributed by atoms with E-state index in [0.29, 0.717) is 11.1 Å². The number of ether oxygens (including phenoxy) is 2. The maximum absolute atomic E-state index is 12.8. The van der Waals surface area contributed by atoms with Gasteiger partial charge in [0.1, 0.15) is 30.2 Å². The number of phosphoric acid groups is 2. The Hall–Kier alpha value is -1.02. The number of ketones is 1. The topological polar surface area (TPSA) is 346 Å². The molecule has 22 nitrogen and oxygen atoms in total. The number of nitrogen functional groups attached to an aromatic ring is 1. The minimum absolute atomic E-state index is 0. The van der Waals surface area contributed by atoms with Gasteiger partial charge in [-0.3, -0.25) is 27.4 Å². The number of phosphoric ester groups is 1. The molecule has 0 radical (unpaired) electrons. The molecule has 2 saturated heterocycles. The van der Waals surface area contributed by atoms with Gasteiger partial charge in [-0.25, -0.2) is 19.3 Å². The first-order chi connectivity index (χ1) is 22.6. The van der Waals surface area contributed by atoms with Crippen LogP contribution >= 0.6 is 33.8 Å². The zero-order chi connectivity index (χ0) is 34.9. The van der Waals surface area contributed by atoms with Gasteiger partial charge in [0.25, 0.3) is 15.6 Å². The van der Waals surface area contributed by atoms with Gasteiger partial charge >= 0.3 is 56.6 Å². The minimum atomic E-state index is -6.13. The normalized spacial score (nSPS) is 25.8. The largest absolute Gasteiger partial charge is 1.00 e. The molecule has 29 heteroatoms. The van der Waals surface area contributed by atoms with Crippen molar-refractivity contribution in [2.75, 3.05) is 24.7 Å². The number of carbonyl (C=O) groups excluding carboxylic acids is 1. The monoisotopic (exact) mass is 770 g/mol. The molecule has 4 heterocycles. The Bertz CT molecular complexity index is 1890. The second-order valence-corrected chi connectivity index (χ2v) is 17.2. The van der Waals surface area contributed by atoms with Crippen LogP contribution in [0.15, 0.2) is 42.0 Å². The standard InChI is InChI=1S/C22H27N8O14P3S.3Li/c23-19-16-20(26-10-25-19)30(11-27-16)21-18(33)17(32)14(42-21)8-41-45(34,35)43-46(36,37)44-47(38,39)48-6-5-15(31)22(9-40-22)13-3-1-12(2-4-13)7-28-29-24;;;/h1-4,10-11,14,17-18,21,32-33H,5-9H2,(H,34,35)(H,36,37)(H,38,39)(H2,23,25,26);;;/q;3*+1/p-3/t14-,17-,18-,21-,22?;;;/m1.../s1. The summed E-state index contributed by atoms with van der Waals surface area (Å²) in [5.74, 6) is -0.991. The van der Waals surface area contributed by atoms with Crippen LogP contribution < -0.4 is 77.0 Å². The van der Waals surface area contributed by atoms with Crippen LogP contribution in [0.4, 0.5) is 5.82 Å². The van der Waals surface area contributed by atoms with Crippen molar-refractivity contribution in [3.05, 3.63) is 58.5 Å². The predicted molar refractivity (Wildman–Crippen MR) is 156 cm³/mol. The van der Waals surface area contributed by atoms with Crippen molar-refractivity contribution in [2.45, 2.75) is 43.1 Å². The third kappa shape index (κ3) is 11.3. The Morgan fingerprint density at radius 3 is 2.39 bits per heavy atom. The Balaban J connectivity index is 0.00000300. The zero-order valence-corrected chi connectivity index (χ0v) is 30.6. The maximum atomic E-state index is 12.8. The average Bonchev–Trinajstić information content (AvgIpc) is 3.63. The Morgan fingerprint density at radius 1 is 1.10 bits per heavy atom. The third-order valence-electron chi connectivity index (χ3n) is 6.99. The Kier molecular flexibility index (Phi) is 16.8. The van der Waals surface area contributed by atoms with E-state index in [4.69, 9.17) is 20.7 Å². The molecule has 2 aliphatic rings. The van der Waals surface area contributed by atoms with Gasteiger partial charge in [0, 0.05) is 17.1 Å². The van der Waals surface area contributed by atoms with Crippen LogP contribution in [-0.2, 0) is 53.3 Å². The molecule has 260 valence electrons. The molecule has 3 aromatic rings. The predicted octanol–water partition coefficient (Wildman–Crippen LogP) is -9.08. The number of carbonyl (C=O) groups is 1. The number of imidazole rings is 1. The molecule has 0 bridgehead atoms. The van der Waals surface area contributed by atoms with Gasteiger partial charge in [-0.15, -0.1) is 0 Å². The summed E-state index contributed by atoms with van der Waals surface area (Å²) in [6.07, 6.45) is -4.47. The van der Waals surface area contributed by atoms with Crippen molar-refractivity contribution in [1.29, 1.82) is 0 Å². The van der Waals surface area contributed by atoms with E-state index in [-0.39, 0.29) is 98.1 Å². The van der Waals surface area contributed by atoms with E-state index < -0.39 is 77.1 Å². The second kappa shape index (κ2) is 18.5. The van der Waals surface area contributed by atoms with Gasteiger partial charge < -0.3 is 44.6 Å². The van der Waals surface area contributed by atoms with Crippen molar-refractivity contribution in [3.8, 4) is 0 Å². The van der Waals surface area contributed by atoms with Gasteiger partial charge in [-0.1, -0.05) is 40.8 Å². The molecular formula is C22H24Li3N8O14P3S. The molecule has 1 aromatic carbocycles. The minimum Gasteiger partial charge on any atom is -0.770 e. The molecule has 2 aliphatic heterocycles. The Labute approximate surface area is 328 Å². The number of rotatable bonds is 16. The smallest absolute Gasteiger partial charge is 0.770 e. The molecule has 0 spiro atoms. The number of nitrogens with zero attached hydrogens (tertiary/aromatic N) is 7. The van der Waals surface area contributed by atoms with Crippen LogP contribution in [0.3, 0.4) is 0 Å². The zero-order valence-electron chi connectivity index (χ0n) is 27.1. The summed E-state index contributed by atoms with van der Waals surface area (Å²) in [7, 11) is -12.0. The molecular weight excluding hydrogens is 746 g/mol. The summed E-state index contributed by atoms with van der Waals surface area (Å²) in [6, 6.07) is 6.42. The molecule has 4 N–H and O–H groups in total. The summed E-state index contributed by atoms with van der Waals surface area (Å²) < 4.78 is 60.9. The van der Waals surface area contributed by atoms with Crippen LogP contribution in [0.2, 0.25) is 0 Å². The fourth-order valence-corrected chi connectivity index (χ4v) is 10.3. The van der Waals surface area contributed by atoms with Crippen molar-refractivity contribution < 1.29 is 123 Å². The summed E-state index contributed by atoms with van der Waals surface area (Å²) in [4.78, 5) is 63.9. The fourth-order valence-electron chi connectivity index (χ4n) is 4.63.